The van der Waals surface area contributed by atoms with Crippen molar-refractivity contribution in [2.75, 3.05) is 59.9 Å². The van der Waals surface area contributed by atoms with Crippen molar-refractivity contribution in [3.05, 3.63) is 22.6 Å². The molecule has 2 rings (SSSR count). The number of nitrogens with zero attached hydrogens (tertiary/aromatic N) is 3. The van der Waals surface area contributed by atoms with Crippen LogP contribution >= 0.6 is 15.9 Å². The molecule has 0 aliphatic carbocycles. The van der Waals surface area contributed by atoms with E-state index in [0.717, 1.165) is 49.5 Å². The van der Waals surface area contributed by atoms with Crippen molar-refractivity contribution in [2.24, 2.45) is 5.73 Å². The molecule has 1 atom stereocenters. The Morgan fingerprint density at radius 1 is 1.35 bits per heavy atom. The van der Waals surface area contributed by atoms with E-state index in [9.17, 15) is 0 Å². The second-order valence-electron chi connectivity index (χ2n) is 5.57. The van der Waals surface area contributed by atoms with Gasteiger partial charge in [-0.2, -0.15) is 0 Å². The van der Waals surface area contributed by atoms with E-state index >= 15 is 0 Å². The number of hydrogen-bond donors (Lipinski definition) is 1. The topological polar surface area (TPSA) is 48.9 Å². The Morgan fingerprint density at radius 3 is 2.55 bits per heavy atom. The molecule has 1 aliphatic rings. The molecule has 2 N–H and O–H groups in total. The minimum absolute atomic E-state index is 0.176. The molecular formula is C14H25BrN4O. The third kappa shape index (κ3) is 4.05. The Balaban J connectivity index is 1.87. The Kier molecular flexibility index (Phi) is 6.04. The highest BCUT2D eigenvalue weighted by Crippen LogP contribution is 2.28. The van der Waals surface area contributed by atoms with Crippen molar-refractivity contribution >= 4 is 15.9 Å². The van der Waals surface area contributed by atoms with Gasteiger partial charge < -0.3 is 15.1 Å². The monoisotopic (exact) mass is 344 g/mol. The van der Waals surface area contributed by atoms with E-state index in [1.54, 1.807) is 6.26 Å². The van der Waals surface area contributed by atoms with Gasteiger partial charge in [-0.25, -0.2) is 0 Å². The predicted molar refractivity (Wildman–Crippen MR) is 84.8 cm³/mol. The fourth-order valence-electron chi connectivity index (χ4n) is 2.61. The molecule has 1 aromatic rings. The lowest BCUT2D eigenvalue weighted by molar-refractivity contribution is 0.0853. The van der Waals surface area contributed by atoms with E-state index in [1.807, 2.05) is 6.07 Å². The molecule has 0 bridgehead atoms. The second kappa shape index (κ2) is 7.56. The largest absolute Gasteiger partial charge is 0.466 e. The van der Waals surface area contributed by atoms with Gasteiger partial charge in [-0.15, -0.1) is 0 Å². The first-order valence-electron chi connectivity index (χ1n) is 7.16. The highest BCUT2D eigenvalue weighted by atomic mass is 79.9. The summed E-state index contributed by atoms with van der Waals surface area (Å²) < 4.78 is 6.60. The Labute approximate surface area is 129 Å². The number of hydrogen-bond acceptors (Lipinski definition) is 5. The zero-order valence-corrected chi connectivity index (χ0v) is 14.0. The highest BCUT2D eigenvalue weighted by Gasteiger charge is 2.27. The van der Waals surface area contributed by atoms with E-state index in [2.05, 4.69) is 44.7 Å². The highest BCUT2D eigenvalue weighted by molar-refractivity contribution is 9.10. The summed E-state index contributed by atoms with van der Waals surface area (Å²) >= 11 is 3.54. The number of furan rings is 1. The minimum atomic E-state index is 0.176. The lowest BCUT2D eigenvalue weighted by Crippen LogP contribution is -2.50. The summed E-state index contributed by atoms with van der Waals surface area (Å²) in [5.74, 6) is 0.953. The quantitative estimate of drug-likeness (QED) is 0.840. The molecule has 0 aromatic carbocycles. The van der Waals surface area contributed by atoms with Gasteiger partial charge in [0.25, 0.3) is 0 Å². The Bertz CT molecular complexity index is 402. The molecule has 1 aliphatic heterocycles. The zero-order chi connectivity index (χ0) is 14.5. The van der Waals surface area contributed by atoms with Gasteiger partial charge in [-0.3, -0.25) is 9.80 Å². The molecule has 0 radical (unpaired) electrons. The number of rotatable bonds is 6. The maximum absolute atomic E-state index is 5.95. The van der Waals surface area contributed by atoms with Crippen LogP contribution in [0.1, 0.15) is 11.8 Å². The van der Waals surface area contributed by atoms with Crippen molar-refractivity contribution in [3.63, 3.8) is 0 Å². The van der Waals surface area contributed by atoms with Crippen LogP contribution in [-0.2, 0) is 0 Å². The fourth-order valence-corrected chi connectivity index (χ4v) is 3.07. The van der Waals surface area contributed by atoms with E-state index < -0.39 is 0 Å². The van der Waals surface area contributed by atoms with E-state index in [-0.39, 0.29) is 6.04 Å². The van der Waals surface area contributed by atoms with Crippen LogP contribution < -0.4 is 5.73 Å². The molecule has 1 unspecified atom stereocenters. The van der Waals surface area contributed by atoms with Gasteiger partial charge in [0.2, 0.25) is 0 Å². The van der Waals surface area contributed by atoms with Crippen LogP contribution in [-0.4, -0.2) is 74.6 Å². The molecule has 1 fully saturated rings. The summed E-state index contributed by atoms with van der Waals surface area (Å²) in [7, 11) is 4.24. The van der Waals surface area contributed by atoms with Crippen LogP contribution in [0.2, 0.25) is 0 Å². The van der Waals surface area contributed by atoms with Crippen molar-refractivity contribution in [1.29, 1.82) is 0 Å². The summed E-state index contributed by atoms with van der Waals surface area (Å²) in [4.78, 5) is 7.17. The Morgan fingerprint density at radius 2 is 2.05 bits per heavy atom. The fraction of sp³-hybridized carbons (Fsp3) is 0.714. The number of nitrogens with two attached hydrogens (primary N) is 1. The molecule has 1 saturated heterocycles. The third-order valence-electron chi connectivity index (χ3n) is 3.88. The van der Waals surface area contributed by atoms with Crippen LogP contribution in [0.5, 0.6) is 0 Å². The van der Waals surface area contributed by atoms with Gasteiger partial charge in [0.15, 0.2) is 0 Å². The standard InChI is InChI=1S/C14H25BrN4O/c1-17(2)4-5-18-6-8-19(9-7-18)13(11-16)14-12(15)3-10-20-14/h3,10,13H,4-9,11,16H2,1-2H3. The molecule has 0 spiro atoms. The Hall–Kier alpha value is -0.400. The molecule has 0 saturated carbocycles. The van der Waals surface area contributed by atoms with Gasteiger partial charge in [0, 0.05) is 45.8 Å². The van der Waals surface area contributed by atoms with E-state index in [4.69, 9.17) is 10.2 Å². The normalized spacial score (nSPS) is 19.6. The molecule has 114 valence electrons. The number of piperazine rings is 1. The first kappa shape index (κ1) is 16.0. The van der Waals surface area contributed by atoms with Crippen LogP contribution in [0.4, 0.5) is 0 Å². The van der Waals surface area contributed by atoms with Crippen LogP contribution in [0.25, 0.3) is 0 Å². The lowest BCUT2D eigenvalue weighted by atomic mass is 10.1. The molecule has 20 heavy (non-hydrogen) atoms. The number of likely N-dealkylation sites (N-methyl/N-ethyl adjacent to an activating group) is 1. The molecule has 1 aromatic heterocycles. The molecule has 6 heteroatoms. The first-order valence-corrected chi connectivity index (χ1v) is 7.95. The molecular weight excluding hydrogens is 320 g/mol. The predicted octanol–water partition coefficient (Wildman–Crippen LogP) is 1.22. The second-order valence-corrected chi connectivity index (χ2v) is 6.42. The van der Waals surface area contributed by atoms with Crippen LogP contribution in [0.15, 0.2) is 21.2 Å². The van der Waals surface area contributed by atoms with Crippen molar-refractivity contribution < 1.29 is 4.42 Å². The summed E-state index contributed by atoms with van der Waals surface area (Å²) in [5.41, 5.74) is 5.95. The third-order valence-corrected chi connectivity index (χ3v) is 4.54. The first-order chi connectivity index (χ1) is 9.61. The van der Waals surface area contributed by atoms with Crippen molar-refractivity contribution in [2.45, 2.75) is 6.04 Å². The SMILES string of the molecule is CN(C)CCN1CCN(C(CN)c2occc2Br)CC1. The maximum atomic E-state index is 5.95. The van der Waals surface area contributed by atoms with Gasteiger partial charge >= 0.3 is 0 Å². The summed E-state index contributed by atoms with van der Waals surface area (Å²) in [6, 6.07) is 2.11. The summed E-state index contributed by atoms with van der Waals surface area (Å²) in [6.45, 7) is 7.13. The van der Waals surface area contributed by atoms with Gasteiger partial charge in [-0.1, -0.05) is 0 Å². The molecule has 0 amide bonds. The average molecular weight is 345 g/mol. The van der Waals surface area contributed by atoms with Crippen molar-refractivity contribution in [3.8, 4) is 0 Å². The molecule has 2 heterocycles. The zero-order valence-electron chi connectivity index (χ0n) is 12.4. The van der Waals surface area contributed by atoms with Crippen molar-refractivity contribution in [1.82, 2.24) is 14.7 Å². The minimum Gasteiger partial charge on any atom is -0.466 e. The summed E-state index contributed by atoms with van der Waals surface area (Å²) in [5, 5.41) is 0. The van der Waals surface area contributed by atoms with Gasteiger partial charge in [-0.05, 0) is 36.1 Å². The lowest BCUT2D eigenvalue weighted by Gasteiger charge is -2.38. The maximum Gasteiger partial charge on any atom is 0.136 e. The number of halogens is 1. The van der Waals surface area contributed by atoms with E-state index in [1.165, 1.54) is 0 Å². The van der Waals surface area contributed by atoms with Gasteiger partial charge in [0.05, 0.1) is 16.8 Å². The van der Waals surface area contributed by atoms with Crippen LogP contribution in [0, 0.1) is 0 Å². The van der Waals surface area contributed by atoms with E-state index in [0.29, 0.717) is 6.54 Å². The summed E-state index contributed by atoms with van der Waals surface area (Å²) in [6.07, 6.45) is 1.72. The van der Waals surface area contributed by atoms with Crippen LogP contribution in [0.3, 0.4) is 0 Å². The molecule has 5 nitrogen and oxygen atoms in total. The average Bonchev–Trinajstić information content (AvgIpc) is 2.85. The van der Waals surface area contributed by atoms with Gasteiger partial charge in [0.1, 0.15) is 5.76 Å². The smallest absolute Gasteiger partial charge is 0.136 e.